The van der Waals surface area contributed by atoms with Crippen LogP contribution in [0.5, 0.6) is 0 Å². The number of carboxylic acid groups (broad SMARTS) is 1. The summed E-state index contributed by atoms with van der Waals surface area (Å²) in [5.41, 5.74) is 1.71. The Labute approximate surface area is 160 Å². The number of rotatable bonds is 5. The molecular weight excluding hydrogens is 378 g/mol. The van der Waals surface area contributed by atoms with Gasteiger partial charge in [-0.2, -0.15) is 0 Å². The Balaban J connectivity index is 2.51. The molecule has 0 amide bonds. The molecule has 0 aliphatic heterocycles. The third-order valence-corrected chi connectivity index (χ3v) is 5.17. The second-order valence-electron chi connectivity index (χ2n) is 5.74. The molecule has 0 atom stereocenters. The third-order valence-electron chi connectivity index (χ3n) is 4.37. The van der Waals surface area contributed by atoms with E-state index in [0.717, 1.165) is 0 Å². The Bertz CT molecular complexity index is 980. The van der Waals surface area contributed by atoms with Crippen molar-refractivity contribution in [1.29, 1.82) is 0 Å². The highest BCUT2D eigenvalue weighted by Gasteiger charge is 2.28. The molecule has 4 nitrogen and oxygen atoms in total. The van der Waals surface area contributed by atoms with Crippen molar-refractivity contribution in [2.24, 2.45) is 0 Å². The number of carbonyl (C=O) groups is 1. The van der Waals surface area contributed by atoms with Crippen molar-refractivity contribution < 1.29 is 14.3 Å². The van der Waals surface area contributed by atoms with Gasteiger partial charge < -0.3 is 14.6 Å². The Hall–Kier alpha value is -2.24. The summed E-state index contributed by atoms with van der Waals surface area (Å²) in [7, 11) is 0. The molecule has 1 heterocycles. The van der Waals surface area contributed by atoms with Crippen molar-refractivity contribution in [2.45, 2.75) is 13.8 Å². The van der Waals surface area contributed by atoms with Crippen molar-refractivity contribution in [2.75, 3.05) is 18.0 Å². The lowest BCUT2D eigenvalue weighted by molar-refractivity contribution is 0.0689. The molecule has 7 heteroatoms. The van der Waals surface area contributed by atoms with Gasteiger partial charge in [0.25, 0.3) is 0 Å². The third kappa shape index (κ3) is 2.91. The van der Waals surface area contributed by atoms with Crippen LogP contribution in [-0.4, -0.2) is 28.7 Å². The van der Waals surface area contributed by atoms with Gasteiger partial charge in [-0.15, -0.1) is 0 Å². The molecule has 0 bridgehead atoms. The van der Waals surface area contributed by atoms with E-state index >= 15 is 0 Å². The highest BCUT2D eigenvalue weighted by molar-refractivity contribution is 6.46. The highest BCUT2D eigenvalue weighted by atomic mass is 35.5. The topological polar surface area (TPSA) is 45.5 Å². The van der Waals surface area contributed by atoms with Crippen molar-refractivity contribution in [1.82, 2.24) is 4.57 Å². The van der Waals surface area contributed by atoms with E-state index in [0.29, 0.717) is 45.4 Å². The van der Waals surface area contributed by atoms with Crippen molar-refractivity contribution in [3.8, 4) is 5.69 Å². The van der Waals surface area contributed by atoms with E-state index in [2.05, 4.69) is 0 Å². The van der Waals surface area contributed by atoms with Crippen LogP contribution in [0, 0.1) is 5.82 Å². The van der Waals surface area contributed by atoms with Crippen LogP contribution in [0.25, 0.3) is 16.6 Å². The molecule has 136 valence electrons. The first-order valence-corrected chi connectivity index (χ1v) is 8.92. The van der Waals surface area contributed by atoms with Gasteiger partial charge >= 0.3 is 5.97 Å². The summed E-state index contributed by atoms with van der Waals surface area (Å²) in [6, 6.07) is 9.02. The average molecular weight is 395 g/mol. The summed E-state index contributed by atoms with van der Waals surface area (Å²) in [4.78, 5) is 14.1. The maximum Gasteiger partial charge on any atom is 0.355 e. The molecule has 2 aromatic carbocycles. The largest absolute Gasteiger partial charge is 0.476 e. The van der Waals surface area contributed by atoms with Gasteiger partial charge in [0, 0.05) is 24.2 Å². The number of aromatic nitrogens is 1. The summed E-state index contributed by atoms with van der Waals surface area (Å²) in [5.74, 6) is -1.49. The van der Waals surface area contributed by atoms with Gasteiger partial charge in [0.05, 0.1) is 21.2 Å². The van der Waals surface area contributed by atoms with Crippen LogP contribution in [-0.2, 0) is 0 Å². The predicted octanol–water partition coefficient (Wildman–Crippen LogP) is 5.62. The normalized spacial score (nSPS) is 11.1. The molecule has 0 aliphatic carbocycles. The Morgan fingerprint density at radius 3 is 2.27 bits per heavy atom. The van der Waals surface area contributed by atoms with E-state index in [1.165, 1.54) is 24.3 Å². The summed E-state index contributed by atoms with van der Waals surface area (Å²) in [6.45, 7) is 5.08. The number of halogens is 3. The van der Waals surface area contributed by atoms with Crippen molar-refractivity contribution >= 4 is 45.8 Å². The maximum atomic E-state index is 13.4. The van der Waals surface area contributed by atoms with Crippen molar-refractivity contribution in [3.05, 3.63) is 58.0 Å². The van der Waals surface area contributed by atoms with Crippen LogP contribution in [0.3, 0.4) is 0 Å². The molecule has 3 rings (SSSR count). The quantitative estimate of drug-likeness (QED) is 0.610. The molecule has 0 fully saturated rings. The SMILES string of the molecule is CCN(CC)c1c(C(=O)O)n(-c2ccc(F)cc2)c2ccc(Cl)c(Cl)c12. The second-order valence-corrected chi connectivity index (χ2v) is 6.53. The number of nitrogens with zero attached hydrogens (tertiary/aromatic N) is 2. The standard InChI is InChI=1S/C19H17Cl2FN2O2/c1-3-23(4-2)17-15-14(10-9-13(20)16(15)21)24(18(17)19(25)26)12-7-5-11(22)6-8-12/h5-10H,3-4H2,1-2H3,(H,25,26). The smallest absolute Gasteiger partial charge is 0.355 e. The summed E-state index contributed by atoms with van der Waals surface area (Å²) < 4.78 is 14.9. The van der Waals surface area contributed by atoms with Gasteiger partial charge in [0.2, 0.25) is 0 Å². The number of anilines is 1. The lowest BCUT2D eigenvalue weighted by Gasteiger charge is -2.22. The summed E-state index contributed by atoms with van der Waals surface area (Å²) >= 11 is 12.7. The van der Waals surface area contributed by atoms with Crippen LogP contribution in [0.1, 0.15) is 24.3 Å². The minimum absolute atomic E-state index is 0.0690. The number of fused-ring (bicyclic) bond motifs is 1. The van der Waals surface area contributed by atoms with E-state index in [1.807, 2.05) is 18.7 Å². The summed E-state index contributed by atoms with van der Waals surface area (Å²) in [5, 5.41) is 11.2. The van der Waals surface area contributed by atoms with Gasteiger partial charge in [-0.05, 0) is 50.2 Å². The number of aromatic carboxylic acids is 1. The molecule has 1 aromatic heterocycles. The Morgan fingerprint density at radius 2 is 1.73 bits per heavy atom. The average Bonchev–Trinajstić information content (AvgIpc) is 2.96. The van der Waals surface area contributed by atoms with Crippen LogP contribution in [0.15, 0.2) is 36.4 Å². The molecule has 0 spiro atoms. The number of hydrogen-bond donors (Lipinski definition) is 1. The minimum Gasteiger partial charge on any atom is -0.476 e. The Morgan fingerprint density at radius 1 is 1.12 bits per heavy atom. The monoisotopic (exact) mass is 394 g/mol. The van der Waals surface area contributed by atoms with Crippen LogP contribution < -0.4 is 4.90 Å². The van der Waals surface area contributed by atoms with E-state index in [4.69, 9.17) is 23.2 Å². The fraction of sp³-hybridized carbons (Fsp3) is 0.211. The van der Waals surface area contributed by atoms with Gasteiger partial charge in [0.15, 0.2) is 5.69 Å². The van der Waals surface area contributed by atoms with Crippen LogP contribution >= 0.6 is 23.2 Å². The molecule has 1 N–H and O–H groups in total. The number of carboxylic acids is 1. The lowest BCUT2D eigenvalue weighted by atomic mass is 10.2. The Kier molecular flexibility index (Phi) is 5.12. The zero-order valence-electron chi connectivity index (χ0n) is 14.3. The summed E-state index contributed by atoms with van der Waals surface area (Å²) in [6.07, 6.45) is 0. The molecule has 0 saturated heterocycles. The van der Waals surface area contributed by atoms with Crippen molar-refractivity contribution in [3.63, 3.8) is 0 Å². The predicted molar refractivity (Wildman–Crippen MR) is 104 cm³/mol. The molecular formula is C19H17Cl2FN2O2. The van der Waals surface area contributed by atoms with E-state index in [1.54, 1.807) is 16.7 Å². The highest BCUT2D eigenvalue weighted by Crippen LogP contribution is 2.43. The molecule has 0 aliphatic rings. The fourth-order valence-corrected chi connectivity index (χ4v) is 3.61. The van der Waals surface area contributed by atoms with Crippen LogP contribution in [0.2, 0.25) is 10.0 Å². The van der Waals surface area contributed by atoms with E-state index < -0.39 is 11.8 Å². The fourth-order valence-electron chi connectivity index (χ4n) is 3.20. The maximum absolute atomic E-state index is 13.4. The number of benzene rings is 2. The van der Waals surface area contributed by atoms with Gasteiger partial charge in [-0.1, -0.05) is 23.2 Å². The first kappa shape index (κ1) is 18.5. The zero-order chi connectivity index (χ0) is 19.0. The molecule has 26 heavy (non-hydrogen) atoms. The minimum atomic E-state index is -1.10. The molecule has 0 radical (unpaired) electrons. The lowest BCUT2D eigenvalue weighted by Crippen LogP contribution is -2.24. The second kappa shape index (κ2) is 7.17. The molecule has 0 saturated carbocycles. The van der Waals surface area contributed by atoms with Gasteiger partial charge in [0.1, 0.15) is 5.82 Å². The first-order valence-electron chi connectivity index (χ1n) is 8.17. The van der Waals surface area contributed by atoms with E-state index in [-0.39, 0.29) is 5.69 Å². The first-order chi connectivity index (χ1) is 12.4. The molecule has 3 aromatic rings. The van der Waals surface area contributed by atoms with Crippen LogP contribution in [0.4, 0.5) is 10.1 Å². The number of hydrogen-bond acceptors (Lipinski definition) is 2. The van der Waals surface area contributed by atoms with E-state index in [9.17, 15) is 14.3 Å². The zero-order valence-corrected chi connectivity index (χ0v) is 15.8. The van der Waals surface area contributed by atoms with Gasteiger partial charge in [-0.25, -0.2) is 9.18 Å². The van der Waals surface area contributed by atoms with Gasteiger partial charge in [-0.3, -0.25) is 0 Å². The molecule has 0 unspecified atom stereocenters.